The van der Waals surface area contributed by atoms with E-state index in [4.69, 9.17) is 43.8 Å². The van der Waals surface area contributed by atoms with Crippen molar-refractivity contribution in [2.45, 2.75) is 81.5 Å². The summed E-state index contributed by atoms with van der Waals surface area (Å²) < 4.78 is 68.5. The van der Waals surface area contributed by atoms with Crippen LogP contribution in [0.1, 0.15) is 43.5 Å². The van der Waals surface area contributed by atoms with E-state index in [2.05, 4.69) is 24.9 Å². The number of aromatic amines is 2. The number of phosphoric acid groups is 2. The van der Waals surface area contributed by atoms with Gasteiger partial charge in [-0.2, -0.15) is 9.97 Å². The van der Waals surface area contributed by atoms with Crippen LogP contribution in [0.25, 0.3) is 11.2 Å². The molecule has 7 heterocycles. The Balaban J connectivity index is 1.04. The van der Waals surface area contributed by atoms with E-state index in [0.717, 1.165) is 9.13 Å². The number of aromatic nitrogens is 8. The number of nitrogens with two attached hydrogens (primary N) is 2. The first-order chi connectivity index (χ1) is 27.4. The standard InChI is InChI=1S/C29H38N10O17P2/c1-12-7-38(29(45)36-25(12)42)20-4-13(41)17(53-20)9-50-57(46,47)56-15-6-22(39-11-32-23-24(39)34-27(31)35-26(23)43)54-18(15)10-51-58(48,49)55-14-5-21(52-16(14)8-40)37-3-2-19(30)33-28(37)44/h2-3,7,11,13-18,20-22,40-41H,4-6,8-10H2,1H3,(H,46,47)(H,48,49)(H2,30,33,44)(H,36,42,45)(H3,31,34,35,43)/t13-,14?,15-,16+,17+,18+,20+,21+,22?/m0/s1. The van der Waals surface area contributed by atoms with Crippen molar-refractivity contribution in [2.75, 3.05) is 31.3 Å². The summed E-state index contributed by atoms with van der Waals surface area (Å²) in [7, 11) is -10.2. The smallest absolute Gasteiger partial charge is 0.394 e. The molecule has 3 aliphatic heterocycles. The van der Waals surface area contributed by atoms with Gasteiger partial charge in [-0.1, -0.05) is 0 Å². The van der Waals surface area contributed by atoms with E-state index in [1.54, 1.807) is 0 Å². The van der Waals surface area contributed by atoms with Crippen LogP contribution in [0.2, 0.25) is 0 Å². The van der Waals surface area contributed by atoms with E-state index < -0.39 is 113 Å². The second kappa shape index (κ2) is 16.3. The molecule has 0 aromatic carbocycles. The third-order valence-electron chi connectivity index (χ3n) is 9.46. The van der Waals surface area contributed by atoms with Crippen molar-refractivity contribution in [3.05, 3.63) is 72.0 Å². The molecule has 58 heavy (non-hydrogen) atoms. The number of rotatable bonds is 14. The lowest BCUT2D eigenvalue weighted by Gasteiger charge is -2.24. The minimum Gasteiger partial charge on any atom is -0.394 e. The zero-order valence-electron chi connectivity index (χ0n) is 30.1. The Hall–Kier alpha value is -4.47. The summed E-state index contributed by atoms with van der Waals surface area (Å²) in [5.41, 5.74) is 8.43. The summed E-state index contributed by atoms with van der Waals surface area (Å²) >= 11 is 0. The average Bonchev–Trinajstić information content (AvgIpc) is 3.93. The van der Waals surface area contributed by atoms with Crippen LogP contribution in [-0.4, -0.2) is 115 Å². The first kappa shape index (κ1) is 41.7. The Morgan fingerprint density at radius 2 is 1.45 bits per heavy atom. The molecule has 0 saturated carbocycles. The Labute approximate surface area is 323 Å². The zero-order valence-corrected chi connectivity index (χ0v) is 31.9. The van der Waals surface area contributed by atoms with E-state index >= 15 is 0 Å². The molecule has 11 atom stereocenters. The van der Waals surface area contributed by atoms with E-state index in [0.29, 0.717) is 0 Å². The minimum atomic E-state index is -5.09. The Kier molecular flexibility index (Phi) is 11.7. The molecule has 0 spiro atoms. The minimum absolute atomic E-state index is 0.0360. The molecule has 4 unspecified atom stereocenters. The number of anilines is 2. The Bertz CT molecular complexity index is 2510. The van der Waals surface area contributed by atoms with Gasteiger partial charge in [0.15, 0.2) is 11.2 Å². The number of aryl methyl sites for hydroxylation is 1. The van der Waals surface area contributed by atoms with Crippen LogP contribution in [0.4, 0.5) is 11.8 Å². The maximum Gasteiger partial charge on any atom is 0.472 e. The summed E-state index contributed by atoms with van der Waals surface area (Å²) in [5.74, 6) is -0.308. The fourth-order valence-electron chi connectivity index (χ4n) is 6.65. The average molecular weight is 861 g/mol. The number of imidazole rings is 1. The van der Waals surface area contributed by atoms with Crippen molar-refractivity contribution < 1.29 is 61.4 Å². The lowest BCUT2D eigenvalue weighted by Crippen LogP contribution is -2.33. The molecule has 4 aromatic rings. The van der Waals surface area contributed by atoms with Gasteiger partial charge in [-0.3, -0.25) is 51.4 Å². The highest BCUT2D eigenvalue weighted by molar-refractivity contribution is 7.47. The van der Waals surface area contributed by atoms with Crippen molar-refractivity contribution in [1.29, 1.82) is 0 Å². The van der Waals surface area contributed by atoms with Crippen molar-refractivity contribution in [3.63, 3.8) is 0 Å². The number of fused-ring (bicyclic) bond motifs is 1. The highest BCUT2D eigenvalue weighted by Crippen LogP contribution is 2.52. The zero-order chi connectivity index (χ0) is 41.7. The van der Waals surface area contributed by atoms with Gasteiger partial charge in [-0.05, 0) is 13.0 Å². The first-order valence-corrected chi connectivity index (χ1v) is 20.3. The molecule has 7 rings (SSSR count). The first-order valence-electron chi connectivity index (χ1n) is 17.4. The molecule has 3 fully saturated rings. The number of hydrogen-bond donors (Lipinski definition) is 8. The van der Waals surface area contributed by atoms with E-state index in [9.17, 15) is 48.3 Å². The molecule has 0 radical (unpaired) electrons. The number of ether oxygens (including phenoxy) is 3. The maximum atomic E-state index is 13.3. The molecule has 10 N–H and O–H groups in total. The molecule has 3 aliphatic rings. The van der Waals surface area contributed by atoms with Crippen molar-refractivity contribution >= 4 is 38.6 Å². The second-order valence-corrected chi connectivity index (χ2v) is 16.3. The number of aliphatic hydroxyl groups excluding tert-OH is 2. The van der Waals surface area contributed by atoms with Crippen LogP contribution in [-0.2, 0) is 41.4 Å². The topological polar surface area (TPSA) is 385 Å². The number of nitrogens with one attached hydrogen (secondary N) is 2. The van der Waals surface area contributed by atoms with Crippen molar-refractivity contribution in [3.8, 4) is 0 Å². The molecular weight excluding hydrogens is 822 g/mol. The summed E-state index contributed by atoms with van der Waals surface area (Å²) in [6.45, 7) is -0.753. The van der Waals surface area contributed by atoms with Gasteiger partial charge in [-0.15, -0.1) is 0 Å². The van der Waals surface area contributed by atoms with E-state index in [1.165, 1.54) is 36.3 Å². The fourth-order valence-corrected chi connectivity index (χ4v) is 8.57. The van der Waals surface area contributed by atoms with Gasteiger partial charge in [0.2, 0.25) is 5.95 Å². The number of nitrogen functional groups attached to an aromatic ring is 2. The molecule has 4 aromatic heterocycles. The Morgan fingerprint density at radius 1 is 0.845 bits per heavy atom. The van der Waals surface area contributed by atoms with Crippen molar-refractivity contribution in [1.82, 2.24) is 38.6 Å². The van der Waals surface area contributed by atoms with Gasteiger partial charge in [0.25, 0.3) is 11.1 Å². The van der Waals surface area contributed by atoms with Crippen LogP contribution in [0.3, 0.4) is 0 Å². The number of H-pyrrole nitrogens is 2. The quantitative estimate of drug-likeness (QED) is 0.0614. The van der Waals surface area contributed by atoms with Crippen LogP contribution < -0.4 is 34.0 Å². The largest absolute Gasteiger partial charge is 0.472 e. The number of nitrogens with zero attached hydrogens (tertiary/aromatic N) is 6. The van der Waals surface area contributed by atoms with Crippen LogP contribution in [0, 0.1) is 6.92 Å². The molecular formula is C29H38N10O17P2. The second-order valence-electron chi connectivity index (χ2n) is 13.5. The molecule has 0 bridgehead atoms. The van der Waals surface area contributed by atoms with Crippen LogP contribution in [0.15, 0.2) is 44.0 Å². The molecule has 27 nitrogen and oxygen atoms in total. The van der Waals surface area contributed by atoms with E-state index in [-0.39, 0.29) is 47.8 Å². The third kappa shape index (κ3) is 8.91. The number of aliphatic hydroxyl groups is 2. The SMILES string of the molecule is Cc1cn([C@H]2C[C@H](O)[C@@H](COP(=O)(O)O[C@H]3CC(n4cnc5c(=O)[nH]c(N)nc54)O[C@@H]3COP(=O)(O)OC3C[C@H](n4ccc(N)nc4=O)O[C@@H]3CO)O2)c(=O)[nH]c1=O. The van der Waals surface area contributed by atoms with Gasteiger partial charge in [0, 0.05) is 37.2 Å². The predicted molar refractivity (Wildman–Crippen MR) is 192 cm³/mol. The van der Waals surface area contributed by atoms with E-state index in [1.807, 2.05) is 0 Å². The van der Waals surface area contributed by atoms with Crippen molar-refractivity contribution in [2.24, 2.45) is 0 Å². The highest BCUT2D eigenvalue weighted by Gasteiger charge is 2.46. The van der Waals surface area contributed by atoms with Crippen LogP contribution >= 0.6 is 15.6 Å². The molecule has 0 aliphatic carbocycles. The molecule has 29 heteroatoms. The predicted octanol–water partition coefficient (Wildman–Crippen LogP) is -2.38. The van der Waals surface area contributed by atoms with Gasteiger partial charge in [-0.25, -0.2) is 23.7 Å². The monoisotopic (exact) mass is 860 g/mol. The summed E-state index contributed by atoms with van der Waals surface area (Å²) in [6, 6.07) is 1.33. The lowest BCUT2D eigenvalue weighted by molar-refractivity contribution is -0.0610. The third-order valence-corrected chi connectivity index (χ3v) is 11.5. The highest BCUT2D eigenvalue weighted by atomic mass is 31.2. The maximum absolute atomic E-state index is 13.3. The normalized spacial score (nSPS) is 29.5. The van der Waals surface area contributed by atoms with Gasteiger partial charge in [0.05, 0.1) is 32.3 Å². The van der Waals surface area contributed by atoms with Gasteiger partial charge < -0.3 is 45.7 Å². The van der Waals surface area contributed by atoms with Crippen LogP contribution in [0.5, 0.6) is 0 Å². The Morgan fingerprint density at radius 3 is 2.12 bits per heavy atom. The number of hydrogen-bond acceptors (Lipinski definition) is 20. The lowest BCUT2D eigenvalue weighted by atomic mass is 10.2. The number of phosphoric ester groups is 2. The van der Waals surface area contributed by atoms with Gasteiger partial charge >= 0.3 is 27.0 Å². The summed E-state index contributed by atoms with van der Waals surface area (Å²) in [6.07, 6.45) is -8.03. The fraction of sp³-hybridized carbons (Fsp3) is 0.552. The van der Waals surface area contributed by atoms with Gasteiger partial charge in [0.1, 0.15) is 55.0 Å². The summed E-state index contributed by atoms with van der Waals surface area (Å²) in [5, 5.41) is 20.5. The molecule has 0 amide bonds. The summed E-state index contributed by atoms with van der Waals surface area (Å²) in [4.78, 5) is 86.6. The molecule has 3 saturated heterocycles. The molecule has 316 valence electrons.